The Hall–Kier alpha value is -3.62. The molecule has 3 aliphatic carbocycles. The smallest absolute Gasteiger partial charge is 0.248 e. The molecule has 6 unspecified atom stereocenters. The third-order valence-corrected chi connectivity index (χ3v) is 10.6. The van der Waals surface area contributed by atoms with Crippen molar-refractivity contribution >= 4 is 17.4 Å². The number of amides is 1. The lowest BCUT2D eigenvalue weighted by Crippen LogP contribution is -2.54. The molecule has 0 radical (unpaired) electrons. The highest BCUT2D eigenvalue weighted by Crippen LogP contribution is 2.53. The number of ketones is 1. The van der Waals surface area contributed by atoms with E-state index in [9.17, 15) is 24.9 Å². The lowest BCUT2D eigenvalue weighted by atomic mass is 9.57. The molecule has 1 aliphatic heterocycles. The van der Waals surface area contributed by atoms with E-state index in [0.29, 0.717) is 35.8 Å². The van der Waals surface area contributed by atoms with Gasteiger partial charge in [-0.25, -0.2) is 0 Å². The fourth-order valence-corrected chi connectivity index (χ4v) is 9.12. The number of hydrogen-bond donors (Lipinski definition) is 4. The van der Waals surface area contributed by atoms with Crippen molar-refractivity contribution in [2.24, 2.45) is 41.2 Å². The van der Waals surface area contributed by atoms with Crippen molar-refractivity contribution in [1.82, 2.24) is 9.80 Å². The molecule has 0 spiro atoms. The second-order valence-electron chi connectivity index (χ2n) is 14.1. The fourth-order valence-electron chi connectivity index (χ4n) is 9.12. The van der Waals surface area contributed by atoms with Gasteiger partial charge in [0.15, 0.2) is 5.78 Å². The number of phenolic OH excluding ortho intramolecular Hbond substituents is 1. The number of likely N-dealkylation sites (N-methyl/N-ethyl adjacent to an activating group) is 1. The quantitative estimate of drug-likeness (QED) is 0.378. The molecule has 0 bridgehead atoms. The number of Topliss-reactive ketones (excluding diaryl/α,β-unsaturated/α-hetero) is 1. The molecule has 1 heterocycles. The molecule has 2 aromatic rings. The molecule has 1 amide bonds. The van der Waals surface area contributed by atoms with Crippen LogP contribution in [-0.4, -0.2) is 70.0 Å². The van der Waals surface area contributed by atoms with Crippen LogP contribution in [0.1, 0.15) is 50.3 Å². The van der Waals surface area contributed by atoms with Gasteiger partial charge < -0.3 is 21.1 Å². The fraction of sp³-hybridized carbons (Fsp3) is 0.500. The third kappa shape index (κ3) is 5.02. The lowest BCUT2D eigenvalue weighted by molar-refractivity contribution is -0.127. The highest BCUT2D eigenvalue weighted by atomic mass is 16.3. The minimum absolute atomic E-state index is 0.0622. The van der Waals surface area contributed by atoms with Gasteiger partial charge in [0.05, 0.1) is 17.2 Å². The number of primary amides is 1. The van der Waals surface area contributed by atoms with Crippen molar-refractivity contribution in [3.8, 4) is 16.9 Å². The Bertz CT molecular complexity index is 1570. The van der Waals surface area contributed by atoms with Crippen molar-refractivity contribution < 1.29 is 24.9 Å². The summed E-state index contributed by atoms with van der Waals surface area (Å²) in [6.07, 6.45) is 2.27. The van der Waals surface area contributed by atoms with Gasteiger partial charge >= 0.3 is 0 Å². The van der Waals surface area contributed by atoms with Crippen LogP contribution in [0.5, 0.6) is 5.75 Å². The van der Waals surface area contributed by atoms with Crippen LogP contribution in [0.2, 0.25) is 0 Å². The molecule has 4 aliphatic rings. The van der Waals surface area contributed by atoms with Gasteiger partial charge in [-0.2, -0.15) is 0 Å². The summed E-state index contributed by atoms with van der Waals surface area (Å²) in [7, 11) is 3.65. The van der Waals surface area contributed by atoms with Crippen LogP contribution in [0.4, 0.5) is 0 Å². The lowest BCUT2D eigenvalue weighted by Gasteiger charge is -2.49. The van der Waals surface area contributed by atoms with E-state index in [-0.39, 0.29) is 40.5 Å². The first kappa shape index (κ1) is 30.4. The Morgan fingerprint density at radius 1 is 1.02 bits per heavy atom. The van der Waals surface area contributed by atoms with E-state index in [4.69, 9.17) is 5.73 Å². The van der Waals surface area contributed by atoms with Crippen LogP contribution in [0.25, 0.3) is 16.9 Å². The summed E-state index contributed by atoms with van der Waals surface area (Å²) in [4.78, 5) is 31.0. The standard InChI is InChI=1S/C36H45N3O5/c1-18-11-19(2)16-39(15-18)17-21-7-6-8-22(12-21)24-9-10-27(40)31-25(24)13-23-14-26-28(33(41)30(23)34(31)42)20(3)29(36(37)44)35(43)32(26)38(4)5/h6-10,12,18-20,23,26,28,32,40,42-43H,11,13-17H2,1-5H3,(H2,37,44)/t18?,19?,20?,23?,26?,28?,32-/m0/s1. The second-order valence-corrected chi connectivity index (χ2v) is 14.1. The molecule has 2 fully saturated rings. The molecule has 1 saturated heterocycles. The van der Waals surface area contributed by atoms with E-state index in [1.165, 1.54) is 12.0 Å². The van der Waals surface area contributed by atoms with Gasteiger partial charge in [-0.05, 0) is 91.4 Å². The minimum Gasteiger partial charge on any atom is -0.510 e. The highest BCUT2D eigenvalue weighted by Gasteiger charge is 2.54. The van der Waals surface area contributed by atoms with Crippen LogP contribution < -0.4 is 5.73 Å². The molecular weight excluding hydrogens is 554 g/mol. The van der Waals surface area contributed by atoms with Crippen molar-refractivity contribution in [1.29, 1.82) is 0 Å². The number of carbonyl (C=O) groups is 2. The first-order valence-electron chi connectivity index (χ1n) is 15.9. The number of nitrogens with two attached hydrogens (primary N) is 1. The molecular formula is C36H45N3O5. The van der Waals surface area contributed by atoms with Gasteiger partial charge in [-0.1, -0.05) is 45.0 Å². The number of phenols is 1. The average Bonchev–Trinajstić information content (AvgIpc) is 2.92. The number of allylic oxidation sites excluding steroid dienone is 1. The van der Waals surface area contributed by atoms with Crippen LogP contribution in [-0.2, 0) is 22.6 Å². The Kier molecular flexibility index (Phi) is 7.87. The number of aliphatic hydroxyl groups excluding tert-OH is 2. The summed E-state index contributed by atoms with van der Waals surface area (Å²) >= 11 is 0. The first-order chi connectivity index (χ1) is 20.9. The van der Waals surface area contributed by atoms with Crippen LogP contribution >= 0.6 is 0 Å². The summed E-state index contributed by atoms with van der Waals surface area (Å²) in [5.74, 6) is -1.73. The van der Waals surface area contributed by atoms with Crippen molar-refractivity contribution in [3.05, 3.63) is 70.0 Å². The summed E-state index contributed by atoms with van der Waals surface area (Å²) in [5, 5.41) is 33.9. The summed E-state index contributed by atoms with van der Waals surface area (Å²) in [5.41, 5.74) is 10.4. The van der Waals surface area contributed by atoms with Crippen LogP contribution in [0, 0.1) is 35.5 Å². The molecule has 234 valence electrons. The largest absolute Gasteiger partial charge is 0.510 e. The van der Waals surface area contributed by atoms with Gasteiger partial charge in [0.2, 0.25) is 5.91 Å². The summed E-state index contributed by atoms with van der Waals surface area (Å²) in [6, 6.07) is 11.4. The Balaban J connectivity index is 1.39. The molecule has 7 atom stereocenters. The maximum Gasteiger partial charge on any atom is 0.248 e. The zero-order valence-corrected chi connectivity index (χ0v) is 26.4. The number of aromatic hydroxyl groups is 1. The van der Waals surface area contributed by atoms with Gasteiger partial charge in [-0.15, -0.1) is 0 Å². The maximum atomic E-state index is 14.2. The number of aliphatic hydroxyl groups is 2. The summed E-state index contributed by atoms with van der Waals surface area (Å²) in [6.45, 7) is 9.42. The molecule has 8 heteroatoms. The van der Waals surface area contributed by atoms with Crippen molar-refractivity contribution in [2.75, 3.05) is 27.2 Å². The number of carbonyl (C=O) groups excluding carboxylic acids is 2. The van der Waals surface area contributed by atoms with Crippen molar-refractivity contribution in [3.63, 3.8) is 0 Å². The van der Waals surface area contributed by atoms with E-state index >= 15 is 0 Å². The van der Waals surface area contributed by atoms with Gasteiger partial charge in [0, 0.05) is 37.0 Å². The first-order valence-corrected chi connectivity index (χ1v) is 15.9. The number of benzene rings is 2. The topological polar surface area (TPSA) is 127 Å². The van der Waals surface area contributed by atoms with Gasteiger partial charge in [0.1, 0.15) is 17.3 Å². The zero-order chi connectivity index (χ0) is 31.6. The third-order valence-electron chi connectivity index (χ3n) is 10.6. The monoisotopic (exact) mass is 599 g/mol. The van der Waals surface area contributed by atoms with Gasteiger partial charge in [0.25, 0.3) is 0 Å². The number of hydrogen-bond acceptors (Lipinski definition) is 7. The normalized spacial score (nSPS) is 30.7. The molecule has 44 heavy (non-hydrogen) atoms. The molecule has 1 saturated carbocycles. The predicted octanol–water partition coefficient (Wildman–Crippen LogP) is 5.06. The van der Waals surface area contributed by atoms with Crippen LogP contribution in [0.3, 0.4) is 0 Å². The SMILES string of the molecule is CC1CC(C)CN(Cc2cccc(-c3ccc(O)c4c3CC3CC5C(C(=O)C3=C4O)C(C)C(C(N)=O)=C(O)[C@H]5N(C)C)c2)C1. The van der Waals surface area contributed by atoms with E-state index < -0.39 is 23.8 Å². The summed E-state index contributed by atoms with van der Waals surface area (Å²) < 4.78 is 0. The number of nitrogens with zero attached hydrogens (tertiary/aromatic N) is 2. The van der Waals surface area contributed by atoms with Crippen LogP contribution in [0.15, 0.2) is 53.3 Å². The molecule has 0 aromatic heterocycles. The highest BCUT2D eigenvalue weighted by molar-refractivity contribution is 6.07. The predicted molar refractivity (Wildman–Crippen MR) is 171 cm³/mol. The average molecular weight is 600 g/mol. The van der Waals surface area contributed by atoms with Gasteiger partial charge in [-0.3, -0.25) is 19.4 Å². The number of piperidine rings is 1. The Morgan fingerprint density at radius 2 is 1.73 bits per heavy atom. The van der Waals surface area contributed by atoms with E-state index in [1.54, 1.807) is 13.0 Å². The molecule has 8 nitrogen and oxygen atoms in total. The number of likely N-dealkylation sites (tertiary alicyclic amines) is 1. The maximum absolute atomic E-state index is 14.2. The number of rotatable bonds is 5. The van der Waals surface area contributed by atoms with E-state index in [0.717, 1.165) is 36.3 Å². The number of fused-ring (bicyclic) bond motifs is 3. The minimum atomic E-state index is -0.740. The molecule has 2 aromatic carbocycles. The van der Waals surface area contributed by atoms with E-state index in [1.807, 2.05) is 25.1 Å². The Morgan fingerprint density at radius 3 is 2.39 bits per heavy atom. The van der Waals surface area contributed by atoms with E-state index in [2.05, 4.69) is 43.0 Å². The molecule has 5 N–H and O–H groups in total. The van der Waals surface area contributed by atoms with Crippen molar-refractivity contribution in [2.45, 2.75) is 52.6 Å². The second kappa shape index (κ2) is 11.4. The molecule has 6 rings (SSSR count). The Labute approximate surface area is 259 Å². The zero-order valence-electron chi connectivity index (χ0n) is 26.4.